The van der Waals surface area contributed by atoms with Gasteiger partial charge in [0.15, 0.2) is 0 Å². The Kier molecular flexibility index (Phi) is 7.15. The summed E-state index contributed by atoms with van der Waals surface area (Å²) in [6.45, 7) is 2.71. The maximum absolute atomic E-state index is 13.0. The van der Waals surface area contributed by atoms with Crippen LogP contribution in [0.15, 0.2) is 18.2 Å². The van der Waals surface area contributed by atoms with Gasteiger partial charge in [0.25, 0.3) is 0 Å². The van der Waals surface area contributed by atoms with Crippen molar-refractivity contribution in [1.82, 2.24) is 0 Å². The first kappa shape index (κ1) is 16.6. The summed E-state index contributed by atoms with van der Waals surface area (Å²) in [6.07, 6.45) is 4.08. The van der Waals surface area contributed by atoms with Crippen molar-refractivity contribution in [2.24, 2.45) is 11.7 Å². The Balaban J connectivity index is 2.46. The third kappa shape index (κ3) is 6.10. The van der Waals surface area contributed by atoms with Crippen molar-refractivity contribution in [2.45, 2.75) is 39.0 Å². The fourth-order valence-electron chi connectivity index (χ4n) is 2.26. The lowest BCUT2D eigenvalue weighted by atomic mass is 9.94. The molecule has 0 aliphatic heterocycles. The molecule has 112 valence electrons. The summed E-state index contributed by atoms with van der Waals surface area (Å²) < 4.78 is 26.0. The number of amides is 1. The number of halogens is 2. The van der Waals surface area contributed by atoms with E-state index in [1.165, 1.54) is 0 Å². The minimum atomic E-state index is -0.702. The topological polar surface area (TPSA) is 55.1 Å². The zero-order valence-corrected chi connectivity index (χ0v) is 11.8. The van der Waals surface area contributed by atoms with Gasteiger partial charge in [0.1, 0.15) is 11.6 Å². The minimum absolute atomic E-state index is 0.151. The molecule has 0 aliphatic rings. The van der Waals surface area contributed by atoms with Gasteiger partial charge in [0, 0.05) is 18.2 Å². The molecule has 0 bridgehead atoms. The number of rotatable bonds is 8. The fourth-order valence-corrected chi connectivity index (χ4v) is 2.26. The average molecular weight is 284 g/mol. The quantitative estimate of drug-likeness (QED) is 0.768. The predicted molar refractivity (Wildman–Crippen MR) is 76.3 cm³/mol. The van der Waals surface area contributed by atoms with E-state index in [0.717, 1.165) is 43.9 Å². The SMILES string of the molecule is CCCC(CCN)CCC(=O)Nc1cc(F)cc(F)c1. The van der Waals surface area contributed by atoms with Crippen LogP contribution in [0.25, 0.3) is 0 Å². The zero-order chi connectivity index (χ0) is 15.0. The molecule has 1 unspecified atom stereocenters. The van der Waals surface area contributed by atoms with E-state index in [9.17, 15) is 13.6 Å². The van der Waals surface area contributed by atoms with Crippen molar-refractivity contribution in [3.8, 4) is 0 Å². The van der Waals surface area contributed by atoms with Crippen molar-refractivity contribution in [1.29, 1.82) is 0 Å². The zero-order valence-electron chi connectivity index (χ0n) is 11.8. The molecule has 1 atom stereocenters. The molecule has 1 aromatic rings. The van der Waals surface area contributed by atoms with Gasteiger partial charge in [-0.05, 0) is 37.4 Å². The van der Waals surface area contributed by atoms with Crippen LogP contribution in [-0.2, 0) is 4.79 Å². The summed E-state index contributed by atoms with van der Waals surface area (Å²) in [4.78, 5) is 11.8. The van der Waals surface area contributed by atoms with E-state index in [2.05, 4.69) is 12.2 Å². The monoisotopic (exact) mass is 284 g/mol. The molecule has 0 radical (unpaired) electrons. The smallest absolute Gasteiger partial charge is 0.224 e. The summed E-state index contributed by atoms with van der Waals surface area (Å²) >= 11 is 0. The van der Waals surface area contributed by atoms with E-state index < -0.39 is 11.6 Å². The molecule has 3 N–H and O–H groups in total. The third-order valence-corrected chi connectivity index (χ3v) is 3.20. The predicted octanol–water partition coefficient (Wildman–Crippen LogP) is 3.45. The highest BCUT2D eigenvalue weighted by Crippen LogP contribution is 2.18. The molecule has 3 nitrogen and oxygen atoms in total. The van der Waals surface area contributed by atoms with Crippen molar-refractivity contribution < 1.29 is 13.6 Å². The second-order valence-corrected chi connectivity index (χ2v) is 4.98. The van der Waals surface area contributed by atoms with Crippen LogP contribution in [0.2, 0.25) is 0 Å². The number of nitrogens with one attached hydrogen (secondary N) is 1. The van der Waals surface area contributed by atoms with Crippen LogP contribution < -0.4 is 11.1 Å². The van der Waals surface area contributed by atoms with Gasteiger partial charge in [-0.25, -0.2) is 8.78 Å². The van der Waals surface area contributed by atoms with E-state index >= 15 is 0 Å². The third-order valence-electron chi connectivity index (χ3n) is 3.20. The van der Waals surface area contributed by atoms with Gasteiger partial charge >= 0.3 is 0 Å². The Morgan fingerprint density at radius 2 is 1.85 bits per heavy atom. The number of carbonyl (C=O) groups excluding carboxylic acids is 1. The molecule has 0 fully saturated rings. The molecule has 20 heavy (non-hydrogen) atoms. The van der Waals surface area contributed by atoms with Gasteiger partial charge in [-0.1, -0.05) is 19.8 Å². The molecule has 0 heterocycles. The van der Waals surface area contributed by atoms with Gasteiger partial charge in [0.05, 0.1) is 0 Å². The fraction of sp³-hybridized carbons (Fsp3) is 0.533. The maximum Gasteiger partial charge on any atom is 0.224 e. The Morgan fingerprint density at radius 1 is 1.20 bits per heavy atom. The molecular formula is C15H22F2N2O. The molecule has 0 aromatic heterocycles. The molecule has 0 aliphatic carbocycles. The molecule has 1 amide bonds. The molecule has 0 saturated heterocycles. The Morgan fingerprint density at radius 3 is 2.40 bits per heavy atom. The van der Waals surface area contributed by atoms with Crippen LogP contribution in [0, 0.1) is 17.6 Å². The lowest BCUT2D eigenvalue weighted by Crippen LogP contribution is -2.15. The standard InChI is InChI=1S/C15H22F2N2O/c1-2-3-11(6-7-18)4-5-15(20)19-14-9-12(16)8-13(17)10-14/h8-11H,2-7,18H2,1H3,(H,19,20). The molecule has 0 saturated carbocycles. The van der Waals surface area contributed by atoms with E-state index in [1.807, 2.05) is 0 Å². The lowest BCUT2D eigenvalue weighted by Gasteiger charge is -2.14. The first-order chi connectivity index (χ1) is 9.55. The van der Waals surface area contributed by atoms with E-state index in [4.69, 9.17) is 5.73 Å². The lowest BCUT2D eigenvalue weighted by molar-refractivity contribution is -0.116. The number of benzene rings is 1. The second-order valence-electron chi connectivity index (χ2n) is 4.98. The van der Waals surface area contributed by atoms with Gasteiger partial charge in [-0.2, -0.15) is 0 Å². The summed E-state index contributed by atoms with van der Waals surface area (Å²) in [5.41, 5.74) is 5.69. The Hall–Kier alpha value is -1.49. The van der Waals surface area contributed by atoms with Gasteiger partial charge in [-0.3, -0.25) is 4.79 Å². The van der Waals surface area contributed by atoms with Gasteiger partial charge < -0.3 is 11.1 Å². The summed E-state index contributed by atoms with van der Waals surface area (Å²) in [5, 5.41) is 2.51. The van der Waals surface area contributed by atoms with Crippen molar-refractivity contribution in [2.75, 3.05) is 11.9 Å². The van der Waals surface area contributed by atoms with Crippen molar-refractivity contribution in [3.05, 3.63) is 29.8 Å². The first-order valence-electron chi connectivity index (χ1n) is 7.01. The number of anilines is 1. The highest BCUT2D eigenvalue weighted by molar-refractivity contribution is 5.90. The number of nitrogens with two attached hydrogens (primary N) is 1. The summed E-state index contributed by atoms with van der Waals surface area (Å²) in [6, 6.07) is 2.98. The normalized spacial score (nSPS) is 12.2. The summed E-state index contributed by atoms with van der Waals surface area (Å²) in [5.74, 6) is -1.20. The van der Waals surface area contributed by atoms with E-state index in [1.54, 1.807) is 0 Å². The van der Waals surface area contributed by atoms with Crippen LogP contribution in [-0.4, -0.2) is 12.5 Å². The molecule has 0 spiro atoms. The average Bonchev–Trinajstić information content (AvgIpc) is 2.35. The molecule has 1 aromatic carbocycles. The highest BCUT2D eigenvalue weighted by Gasteiger charge is 2.11. The van der Waals surface area contributed by atoms with Crippen LogP contribution >= 0.6 is 0 Å². The second kappa shape index (κ2) is 8.64. The van der Waals surface area contributed by atoms with Gasteiger partial charge in [-0.15, -0.1) is 0 Å². The summed E-state index contributed by atoms with van der Waals surface area (Å²) in [7, 11) is 0. The molecular weight excluding hydrogens is 262 g/mol. The highest BCUT2D eigenvalue weighted by atomic mass is 19.1. The van der Waals surface area contributed by atoms with Crippen LogP contribution in [0.5, 0.6) is 0 Å². The maximum atomic E-state index is 13.0. The number of carbonyl (C=O) groups is 1. The number of hydrogen-bond donors (Lipinski definition) is 2. The van der Waals surface area contributed by atoms with E-state index in [-0.39, 0.29) is 11.6 Å². The van der Waals surface area contributed by atoms with Crippen LogP contribution in [0.4, 0.5) is 14.5 Å². The van der Waals surface area contributed by atoms with Crippen molar-refractivity contribution >= 4 is 11.6 Å². The Labute approximate surface area is 118 Å². The minimum Gasteiger partial charge on any atom is -0.330 e. The largest absolute Gasteiger partial charge is 0.330 e. The Bertz CT molecular complexity index is 412. The van der Waals surface area contributed by atoms with Crippen LogP contribution in [0.3, 0.4) is 0 Å². The van der Waals surface area contributed by atoms with E-state index in [0.29, 0.717) is 18.9 Å². The number of hydrogen-bond acceptors (Lipinski definition) is 2. The molecule has 5 heteroatoms. The van der Waals surface area contributed by atoms with Gasteiger partial charge in [0.2, 0.25) is 5.91 Å². The molecule has 1 rings (SSSR count). The first-order valence-corrected chi connectivity index (χ1v) is 7.01. The van der Waals surface area contributed by atoms with Crippen LogP contribution in [0.1, 0.15) is 39.0 Å². The van der Waals surface area contributed by atoms with Crippen molar-refractivity contribution in [3.63, 3.8) is 0 Å².